The van der Waals surface area contributed by atoms with Crippen molar-refractivity contribution >= 4 is 11.9 Å². The Bertz CT molecular complexity index is 935. The predicted molar refractivity (Wildman–Crippen MR) is 100.0 cm³/mol. The van der Waals surface area contributed by atoms with Crippen LogP contribution in [0, 0.1) is 0 Å². The molecule has 1 N–H and O–H groups in total. The van der Waals surface area contributed by atoms with Crippen LogP contribution in [0.25, 0.3) is 0 Å². The van der Waals surface area contributed by atoms with Crippen molar-refractivity contribution in [1.29, 1.82) is 0 Å². The Morgan fingerprint density at radius 1 is 1.26 bits per heavy atom. The van der Waals surface area contributed by atoms with Crippen LogP contribution in [0.2, 0.25) is 0 Å². The second-order valence-corrected chi connectivity index (χ2v) is 7.28. The van der Waals surface area contributed by atoms with E-state index in [2.05, 4.69) is 20.6 Å². The number of amides is 1. The number of methoxy groups -OCH3 is 1. The zero-order chi connectivity index (χ0) is 19.6. The summed E-state index contributed by atoms with van der Waals surface area (Å²) in [5.41, 5.74) is 2.12. The number of nitrogens with one attached hydrogen (secondary N) is 1. The highest BCUT2D eigenvalue weighted by atomic mass is 16.5. The fraction of sp³-hybridized carbons (Fsp3) is 0.368. The Morgan fingerprint density at radius 3 is 2.56 bits per heavy atom. The van der Waals surface area contributed by atoms with Gasteiger partial charge in [-0.15, -0.1) is 0 Å². The molecular formula is C19H23N5O3. The minimum Gasteiger partial charge on any atom is -0.497 e. The maximum absolute atomic E-state index is 12.5. The first-order chi connectivity index (χ1) is 12.8. The smallest absolute Gasteiger partial charge is 0.328 e. The number of ether oxygens (including phenoxy) is 1. The van der Waals surface area contributed by atoms with E-state index in [0.29, 0.717) is 17.9 Å². The molecule has 0 saturated heterocycles. The molecule has 1 amide bonds. The number of anilines is 1. The second kappa shape index (κ2) is 7.22. The molecule has 2 heterocycles. The van der Waals surface area contributed by atoms with Crippen LogP contribution in [0.15, 0.2) is 34.9 Å². The number of carbonyl (C=O) groups excluding carboxylic acids is 1. The third-order valence-electron chi connectivity index (χ3n) is 4.09. The van der Waals surface area contributed by atoms with Gasteiger partial charge in [-0.1, -0.05) is 38.1 Å². The van der Waals surface area contributed by atoms with Crippen LogP contribution in [-0.4, -0.2) is 32.9 Å². The first-order valence-corrected chi connectivity index (χ1v) is 8.57. The van der Waals surface area contributed by atoms with E-state index < -0.39 is 0 Å². The molecule has 0 aliphatic rings. The maximum Gasteiger partial charge on any atom is 0.328 e. The molecule has 0 radical (unpaired) electrons. The lowest BCUT2D eigenvalue weighted by Gasteiger charge is -2.13. The molecule has 142 valence electrons. The van der Waals surface area contributed by atoms with Crippen molar-refractivity contribution in [3.05, 3.63) is 53.1 Å². The predicted octanol–water partition coefficient (Wildman–Crippen LogP) is 2.95. The van der Waals surface area contributed by atoms with E-state index in [9.17, 15) is 4.79 Å². The molecule has 0 spiro atoms. The lowest BCUT2D eigenvalue weighted by atomic mass is 9.92. The third kappa shape index (κ3) is 4.33. The van der Waals surface area contributed by atoms with Crippen molar-refractivity contribution < 1.29 is 14.1 Å². The fourth-order valence-electron chi connectivity index (χ4n) is 2.51. The zero-order valence-corrected chi connectivity index (χ0v) is 16.1. The van der Waals surface area contributed by atoms with Gasteiger partial charge in [0.2, 0.25) is 0 Å². The number of nitrogens with zero attached hydrogens (tertiary/aromatic N) is 4. The number of hydrogen-bond acceptors (Lipinski definition) is 6. The van der Waals surface area contributed by atoms with Gasteiger partial charge < -0.3 is 9.26 Å². The standard InChI is InChI=1S/C19H23N5O3/c1-19(2,3)15-11-14(24(4)22-15)17(25)21-18-20-16(23-27-18)10-12-6-8-13(26-5)9-7-12/h6-9,11H,10H2,1-5H3,(H,20,21,23,25). The molecule has 0 aliphatic heterocycles. The Labute approximate surface area is 157 Å². The van der Waals surface area contributed by atoms with Gasteiger partial charge in [-0.05, 0) is 23.8 Å². The summed E-state index contributed by atoms with van der Waals surface area (Å²) in [6, 6.07) is 9.42. The van der Waals surface area contributed by atoms with E-state index in [1.807, 2.05) is 45.0 Å². The van der Waals surface area contributed by atoms with Crippen molar-refractivity contribution in [3.63, 3.8) is 0 Å². The highest BCUT2D eigenvalue weighted by Gasteiger charge is 2.22. The van der Waals surface area contributed by atoms with Crippen LogP contribution in [0.3, 0.4) is 0 Å². The van der Waals surface area contributed by atoms with Gasteiger partial charge in [0.1, 0.15) is 11.4 Å². The molecule has 0 unspecified atom stereocenters. The molecule has 3 rings (SSSR count). The number of benzene rings is 1. The topological polar surface area (TPSA) is 95.1 Å². The summed E-state index contributed by atoms with van der Waals surface area (Å²) in [5.74, 6) is 0.918. The normalized spacial score (nSPS) is 11.4. The van der Waals surface area contributed by atoms with E-state index in [1.54, 1.807) is 24.9 Å². The van der Waals surface area contributed by atoms with Crippen LogP contribution in [-0.2, 0) is 18.9 Å². The first kappa shape index (κ1) is 18.6. The Morgan fingerprint density at radius 2 is 1.96 bits per heavy atom. The second-order valence-electron chi connectivity index (χ2n) is 7.28. The Hall–Kier alpha value is -3.16. The highest BCUT2D eigenvalue weighted by Crippen LogP contribution is 2.22. The Balaban J connectivity index is 1.68. The van der Waals surface area contributed by atoms with Crippen molar-refractivity contribution in [1.82, 2.24) is 19.9 Å². The summed E-state index contributed by atoms with van der Waals surface area (Å²) in [7, 11) is 3.35. The van der Waals surface area contributed by atoms with Gasteiger partial charge in [0.05, 0.1) is 12.8 Å². The number of carbonyl (C=O) groups is 1. The highest BCUT2D eigenvalue weighted by molar-refractivity contribution is 6.01. The number of hydrogen-bond donors (Lipinski definition) is 1. The summed E-state index contributed by atoms with van der Waals surface area (Å²) in [5, 5.41) is 10.9. The summed E-state index contributed by atoms with van der Waals surface area (Å²) in [6.45, 7) is 6.13. The summed E-state index contributed by atoms with van der Waals surface area (Å²) in [6.07, 6.45) is 0.489. The molecule has 0 bridgehead atoms. The summed E-state index contributed by atoms with van der Waals surface area (Å²) >= 11 is 0. The van der Waals surface area contributed by atoms with Crippen molar-refractivity contribution in [2.24, 2.45) is 7.05 Å². The minimum atomic E-state index is -0.347. The average molecular weight is 369 g/mol. The number of aromatic nitrogens is 4. The van der Waals surface area contributed by atoms with Crippen LogP contribution < -0.4 is 10.1 Å². The molecule has 0 fully saturated rings. The van der Waals surface area contributed by atoms with E-state index in [1.165, 1.54) is 0 Å². The molecule has 1 aromatic carbocycles. The Kier molecular flexibility index (Phi) is 4.98. The van der Waals surface area contributed by atoms with Crippen LogP contribution in [0.1, 0.15) is 48.3 Å². The van der Waals surface area contributed by atoms with Gasteiger partial charge in [0, 0.05) is 18.9 Å². The molecule has 2 aromatic heterocycles. The van der Waals surface area contributed by atoms with Gasteiger partial charge in [-0.2, -0.15) is 10.1 Å². The van der Waals surface area contributed by atoms with E-state index >= 15 is 0 Å². The van der Waals surface area contributed by atoms with Crippen LogP contribution in [0.5, 0.6) is 5.75 Å². The largest absolute Gasteiger partial charge is 0.497 e. The van der Waals surface area contributed by atoms with Gasteiger partial charge in [0.25, 0.3) is 5.91 Å². The van der Waals surface area contributed by atoms with Gasteiger partial charge in [-0.25, -0.2) is 0 Å². The van der Waals surface area contributed by atoms with E-state index in [0.717, 1.165) is 17.0 Å². The minimum absolute atomic E-state index is 0.0574. The molecular weight excluding hydrogens is 346 g/mol. The summed E-state index contributed by atoms with van der Waals surface area (Å²) < 4.78 is 11.8. The molecule has 27 heavy (non-hydrogen) atoms. The monoisotopic (exact) mass is 369 g/mol. The van der Waals surface area contributed by atoms with Crippen molar-refractivity contribution in [3.8, 4) is 5.75 Å². The number of rotatable bonds is 5. The molecule has 0 atom stereocenters. The lowest BCUT2D eigenvalue weighted by molar-refractivity contribution is 0.101. The third-order valence-corrected chi connectivity index (χ3v) is 4.09. The first-order valence-electron chi connectivity index (χ1n) is 8.57. The SMILES string of the molecule is COc1ccc(Cc2noc(NC(=O)c3cc(C(C)(C)C)nn3C)n2)cc1. The average Bonchev–Trinajstić information content (AvgIpc) is 3.21. The molecule has 8 heteroatoms. The van der Waals surface area contributed by atoms with Crippen LogP contribution >= 0.6 is 0 Å². The molecule has 8 nitrogen and oxygen atoms in total. The molecule has 0 saturated carbocycles. The number of aryl methyl sites for hydroxylation is 1. The van der Waals surface area contributed by atoms with Gasteiger partial charge >= 0.3 is 6.01 Å². The van der Waals surface area contributed by atoms with Crippen molar-refractivity contribution in [2.75, 3.05) is 12.4 Å². The van der Waals surface area contributed by atoms with Gasteiger partial charge in [0.15, 0.2) is 5.82 Å². The maximum atomic E-state index is 12.5. The quantitative estimate of drug-likeness (QED) is 0.743. The fourth-order valence-corrected chi connectivity index (χ4v) is 2.51. The molecule has 3 aromatic rings. The van der Waals surface area contributed by atoms with Crippen molar-refractivity contribution in [2.45, 2.75) is 32.6 Å². The lowest BCUT2D eigenvalue weighted by Crippen LogP contribution is -2.16. The summed E-state index contributed by atoms with van der Waals surface area (Å²) in [4.78, 5) is 16.7. The van der Waals surface area contributed by atoms with E-state index in [-0.39, 0.29) is 17.3 Å². The van der Waals surface area contributed by atoms with E-state index in [4.69, 9.17) is 9.26 Å². The molecule has 0 aliphatic carbocycles. The zero-order valence-electron chi connectivity index (χ0n) is 16.1. The van der Waals surface area contributed by atoms with Crippen LogP contribution in [0.4, 0.5) is 6.01 Å². The van der Waals surface area contributed by atoms with Gasteiger partial charge in [-0.3, -0.25) is 14.8 Å².